The average Bonchev–Trinajstić information content (AvgIpc) is 3.25. The van der Waals surface area contributed by atoms with Gasteiger partial charge >= 0.3 is 0 Å². The lowest BCUT2D eigenvalue weighted by Gasteiger charge is -2.21. The van der Waals surface area contributed by atoms with E-state index >= 15 is 0 Å². The Hall–Kier alpha value is -3.34. The molecule has 10 nitrogen and oxygen atoms in total. The molecule has 0 radical (unpaired) electrons. The van der Waals surface area contributed by atoms with Crippen LogP contribution in [-0.4, -0.2) is 61.9 Å². The molecule has 156 valence electrons. The highest BCUT2D eigenvalue weighted by molar-refractivity contribution is 7.13. The van der Waals surface area contributed by atoms with Gasteiger partial charge in [0.1, 0.15) is 0 Å². The molecule has 0 atom stereocenters. The summed E-state index contributed by atoms with van der Waals surface area (Å²) in [5.74, 6) is -0.179. The molecule has 1 aliphatic rings. The first-order valence-electron chi connectivity index (χ1n) is 9.57. The molecule has 30 heavy (non-hydrogen) atoms. The van der Waals surface area contributed by atoms with Crippen molar-refractivity contribution in [1.29, 1.82) is 0 Å². The Morgan fingerprint density at radius 3 is 2.77 bits per heavy atom. The monoisotopic (exact) mass is 427 g/mol. The number of thiazole rings is 1. The Morgan fingerprint density at radius 2 is 2.03 bits per heavy atom. The normalized spacial score (nSPS) is 14.6. The number of carbonyl (C=O) groups is 1. The van der Waals surface area contributed by atoms with Gasteiger partial charge in [0, 0.05) is 43.7 Å². The molecule has 0 spiro atoms. The third kappa shape index (κ3) is 3.88. The Balaban J connectivity index is 1.51. The van der Waals surface area contributed by atoms with Crippen LogP contribution in [-0.2, 0) is 0 Å². The first-order valence-corrected chi connectivity index (χ1v) is 10.5. The molecule has 0 aliphatic carbocycles. The standard InChI is InChI=1S/C19H21N7O3S/c1-13-12-30-19(20-13)24-8-4-7-23(9-10-24)18(27)17-14(2)25(22-21-17)15-5-3-6-16(11-15)26(28)29/h3,5-6,11-12H,4,7-10H2,1-2H3. The SMILES string of the molecule is Cc1csc(N2CCCN(C(=O)c3nnn(-c4cccc([N+](=O)[O-])c4)c3C)CC2)n1. The first kappa shape index (κ1) is 20.0. The predicted molar refractivity (Wildman–Crippen MR) is 112 cm³/mol. The number of aryl methyl sites for hydroxylation is 1. The lowest BCUT2D eigenvalue weighted by molar-refractivity contribution is -0.384. The molecule has 0 unspecified atom stereocenters. The van der Waals surface area contributed by atoms with Crippen molar-refractivity contribution in [2.24, 2.45) is 0 Å². The van der Waals surface area contributed by atoms with Crippen molar-refractivity contribution >= 4 is 28.1 Å². The van der Waals surface area contributed by atoms with Gasteiger partial charge in [-0.05, 0) is 26.3 Å². The van der Waals surface area contributed by atoms with Crippen LogP contribution in [0.2, 0.25) is 0 Å². The van der Waals surface area contributed by atoms with E-state index in [-0.39, 0.29) is 17.3 Å². The minimum Gasteiger partial charge on any atom is -0.346 e. The van der Waals surface area contributed by atoms with Gasteiger partial charge < -0.3 is 9.80 Å². The van der Waals surface area contributed by atoms with Crippen molar-refractivity contribution in [1.82, 2.24) is 24.9 Å². The molecule has 0 N–H and O–H groups in total. The summed E-state index contributed by atoms with van der Waals surface area (Å²) in [6.45, 7) is 6.46. The predicted octanol–water partition coefficient (Wildman–Crippen LogP) is 2.60. The minimum absolute atomic E-state index is 0.0414. The van der Waals surface area contributed by atoms with E-state index in [0.717, 1.165) is 23.8 Å². The van der Waals surface area contributed by atoms with Crippen LogP contribution in [0.4, 0.5) is 10.8 Å². The molecule has 3 heterocycles. The number of hydrogen-bond donors (Lipinski definition) is 0. The second-order valence-corrected chi connectivity index (χ2v) is 7.95. The maximum absolute atomic E-state index is 13.1. The minimum atomic E-state index is -0.464. The number of rotatable bonds is 4. The van der Waals surface area contributed by atoms with Crippen LogP contribution < -0.4 is 4.90 Å². The number of carbonyl (C=O) groups excluding carboxylic acids is 1. The van der Waals surface area contributed by atoms with Gasteiger partial charge in [-0.25, -0.2) is 9.67 Å². The van der Waals surface area contributed by atoms with Crippen LogP contribution in [0.15, 0.2) is 29.6 Å². The van der Waals surface area contributed by atoms with E-state index in [9.17, 15) is 14.9 Å². The van der Waals surface area contributed by atoms with E-state index < -0.39 is 4.92 Å². The van der Waals surface area contributed by atoms with Gasteiger partial charge in [-0.15, -0.1) is 16.4 Å². The molecule has 1 aliphatic heterocycles. The molecule has 0 saturated carbocycles. The molecule has 1 amide bonds. The van der Waals surface area contributed by atoms with E-state index in [4.69, 9.17) is 0 Å². The van der Waals surface area contributed by atoms with Gasteiger partial charge in [-0.1, -0.05) is 11.3 Å². The molecule has 0 bridgehead atoms. The van der Waals surface area contributed by atoms with Crippen LogP contribution in [0.5, 0.6) is 0 Å². The Bertz CT molecular complexity index is 1090. The summed E-state index contributed by atoms with van der Waals surface area (Å²) in [4.78, 5) is 32.2. The number of benzene rings is 1. The van der Waals surface area contributed by atoms with Crippen LogP contribution in [0.3, 0.4) is 0 Å². The van der Waals surface area contributed by atoms with Crippen LogP contribution >= 0.6 is 11.3 Å². The smallest absolute Gasteiger partial charge is 0.276 e. The number of nitro groups is 1. The third-order valence-electron chi connectivity index (χ3n) is 5.04. The number of nitrogens with zero attached hydrogens (tertiary/aromatic N) is 7. The van der Waals surface area contributed by atoms with Crippen molar-refractivity contribution in [3.05, 3.63) is 56.8 Å². The molecular weight excluding hydrogens is 406 g/mol. The van der Waals surface area contributed by atoms with E-state index in [1.54, 1.807) is 35.3 Å². The summed E-state index contributed by atoms with van der Waals surface area (Å²) in [6.07, 6.45) is 0.836. The zero-order valence-corrected chi connectivity index (χ0v) is 17.5. The quantitative estimate of drug-likeness (QED) is 0.465. The summed E-state index contributed by atoms with van der Waals surface area (Å²) in [5, 5.41) is 22.2. The van der Waals surface area contributed by atoms with Crippen molar-refractivity contribution in [3.63, 3.8) is 0 Å². The molecule has 4 rings (SSSR count). The molecule has 1 fully saturated rings. The molecule has 11 heteroatoms. The first-order chi connectivity index (χ1) is 14.4. The lowest BCUT2D eigenvalue weighted by atomic mass is 10.2. The zero-order chi connectivity index (χ0) is 21.3. The van der Waals surface area contributed by atoms with Gasteiger partial charge in [-0.2, -0.15) is 0 Å². The van der Waals surface area contributed by atoms with Gasteiger partial charge in [0.05, 0.1) is 22.0 Å². The summed E-state index contributed by atoms with van der Waals surface area (Å²) in [6, 6.07) is 6.10. The van der Waals surface area contributed by atoms with Gasteiger partial charge in [0.2, 0.25) is 0 Å². The summed E-state index contributed by atoms with van der Waals surface area (Å²) in [7, 11) is 0. The fourth-order valence-corrected chi connectivity index (χ4v) is 4.32. The van der Waals surface area contributed by atoms with Crippen LogP contribution in [0, 0.1) is 24.0 Å². The van der Waals surface area contributed by atoms with E-state index in [2.05, 4.69) is 20.2 Å². The van der Waals surface area contributed by atoms with Crippen molar-refractivity contribution in [2.75, 3.05) is 31.1 Å². The van der Waals surface area contributed by atoms with Gasteiger partial charge in [0.15, 0.2) is 10.8 Å². The molecule has 1 saturated heterocycles. The van der Waals surface area contributed by atoms with Crippen LogP contribution in [0.1, 0.15) is 28.3 Å². The Labute approximate surface area is 176 Å². The number of amides is 1. The third-order valence-corrected chi connectivity index (χ3v) is 6.06. The number of anilines is 1. The summed E-state index contributed by atoms with van der Waals surface area (Å²) < 4.78 is 1.46. The molecular formula is C19H21N7O3S. The average molecular weight is 427 g/mol. The van der Waals surface area contributed by atoms with Crippen LogP contribution in [0.25, 0.3) is 5.69 Å². The van der Waals surface area contributed by atoms with E-state index in [0.29, 0.717) is 31.0 Å². The number of aromatic nitrogens is 4. The fourth-order valence-electron chi connectivity index (χ4n) is 3.46. The topological polar surface area (TPSA) is 110 Å². The zero-order valence-electron chi connectivity index (χ0n) is 16.7. The number of non-ortho nitro benzene ring substituents is 1. The second-order valence-electron chi connectivity index (χ2n) is 7.12. The second kappa shape index (κ2) is 8.19. The van der Waals surface area contributed by atoms with Crippen molar-refractivity contribution in [2.45, 2.75) is 20.3 Å². The maximum atomic E-state index is 13.1. The fraction of sp³-hybridized carbons (Fsp3) is 0.368. The van der Waals surface area contributed by atoms with Crippen molar-refractivity contribution < 1.29 is 9.72 Å². The summed E-state index contributed by atoms with van der Waals surface area (Å²) in [5.41, 5.74) is 2.27. The Morgan fingerprint density at radius 1 is 1.20 bits per heavy atom. The maximum Gasteiger partial charge on any atom is 0.276 e. The number of nitro benzene ring substituents is 1. The molecule has 1 aromatic carbocycles. The van der Waals surface area contributed by atoms with Gasteiger partial charge in [0.25, 0.3) is 11.6 Å². The van der Waals surface area contributed by atoms with Crippen molar-refractivity contribution in [3.8, 4) is 5.69 Å². The van der Waals surface area contributed by atoms with E-state index in [1.165, 1.54) is 16.8 Å². The van der Waals surface area contributed by atoms with E-state index in [1.807, 2.05) is 12.3 Å². The highest BCUT2D eigenvalue weighted by atomic mass is 32.1. The molecule has 3 aromatic rings. The summed E-state index contributed by atoms with van der Waals surface area (Å²) >= 11 is 1.62. The highest BCUT2D eigenvalue weighted by Gasteiger charge is 2.26. The van der Waals surface area contributed by atoms with Gasteiger partial charge in [-0.3, -0.25) is 14.9 Å². The highest BCUT2D eigenvalue weighted by Crippen LogP contribution is 2.23. The largest absolute Gasteiger partial charge is 0.346 e. The number of hydrogen-bond acceptors (Lipinski definition) is 8. The lowest BCUT2D eigenvalue weighted by Crippen LogP contribution is -2.35. The molecule has 2 aromatic heterocycles. The Kier molecular flexibility index (Phi) is 5.44.